The van der Waals surface area contributed by atoms with Gasteiger partial charge in [0, 0.05) is 44.7 Å². The molecule has 1 amide bonds. The molecule has 1 fully saturated rings. The van der Waals surface area contributed by atoms with Crippen LogP contribution in [0.3, 0.4) is 0 Å². The van der Waals surface area contributed by atoms with Crippen molar-refractivity contribution in [3.63, 3.8) is 0 Å². The molecule has 30 heavy (non-hydrogen) atoms. The van der Waals surface area contributed by atoms with Crippen molar-refractivity contribution in [3.8, 4) is 0 Å². The number of guanidine groups is 1. The van der Waals surface area contributed by atoms with E-state index in [9.17, 15) is 14.9 Å². The topological polar surface area (TPSA) is 99.9 Å². The van der Waals surface area contributed by atoms with E-state index in [1.165, 1.54) is 12.1 Å². The lowest BCUT2D eigenvalue weighted by atomic mass is 10.2. The third-order valence-electron chi connectivity index (χ3n) is 4.95. The van der Waals surface area contributed by atoms with Gasteiger partial charge in [-0.25, -0.2) is 4.99 Å². The third-order valence-corrected chi connectivity index (χ3v) is 5.65. The molecule has 2 N–H and O–H groups in total. The molecule has 0 spiro atoms. The van der Waals surface area contributed by atoms with E-state index in [2.05, 4.69) is 21.9 Å². The SMILES string of the molecule is CSCCCNC(=NCc1ccc([N+](=O)[O-])cc1)NCCCN1CCCCCC1=O. The van der Waals surface area contributed by atoms with E-state index in [0.29, 0.717) is 13.0 Å². The molecule has 1 aromatic carbocycles. The molecule has 0 atom stereocenters. The molecule has 0 saturated carbocycles. The number of rotatable bonds is 11. The highest BCUT2D eigenvalue weighted by Crippen LogP contribution is 2.13. The summed E-state index contributed by atoms with van der Waals surface area (Å²) in [4.78, 5) is 29.1. The predicted molar refractivity (Wildman–Crippen MR) is 123 cm³/mol. The highest BCUT2D eigenvalue weighted by molar-refractivity contribution is 7.98. The number of non-ortho nitro benzene ring substituents is 1. The highest BCUT2D eigenvalue weighted by Gasteiger charge is 2.15. The van der Waals surface area contributed by atoms with E-state index in [-0.39, 0.29) is 11.6 Å². The van der Waals surface area contributed by atoms with Crippen molar-refractivity contribution in [2.75, 3.05) is 38.2 Å². The molecule has 0 bridgehead atoms. The molecule has 1 heterocycles. The summed E-state index contributed by atoms with van der Waals surface area (Å²) in [6, 6.07) is 6.47. The van der Waals surface area contributed by atoms with Crippen LogP contribution in [0.25, 0.3) is 0 Å². The number of thioether (sulfide) groups is 1. The Hall–Kier alpha value is -2.29. The van der Waals surface area contributed by atoms with Crippen LogP contribution in [0.1, 0.15) is 44.1 Å². The van der Waals surface area contributed by atoms with Gasteiger partial charge < -0.3 is 15.5 Å². The van der Waals surface area contributed by atoms with Gasteiger partial charge in [-0.3, -0.25) is 14.9 Å². The van der Waals surface area contributed by atoms with E-state index in [1.54, 1.807) is 12.1 Å². The highest BCUT2D eigenvalue weighted by atomic mass is 32.2. The summed E-state index contributed by atoms with van der Waals surface area (Å²) >= 11 is 1.81. The maximum atomic E-state index is 12.1. The quantitative estimate of drug-likeness (QED) is 0.182. The Bertz CT molecular complexity index is 696. The van der Waals surface area contributed by atoms with Gasteiger partial charge in [0.1, 0.15) is 0 Å². The Kier molecular flexibility index (Phi) is 11.1. The fourth-order valence-corrected chi connectivity index (χ4v) is 3.68. The van der Waals surface area contributed by atoms with E-state index < -0.39 is 4.92 Å². The zero-order chi connectivity index (χ0) is 21.6. The molecule has 166 valence electrons. The number of carbonyl (C=O) groups is 1. The molecule has 2 rings (SSSR count). The van der Waals surface area contributed by atoms with Crippen molar-refractivity contribution >= 4 is 29.3 Å². The molecule has 9 heteroatoms. The normalized spacial score (nSPS) is 15.0. The molecule has 0 radical (unpaired) electrons. The van der Waals surface area contributed by atoms with Crippen LogP contribution in [0.2, 0.25) is 0 Å². The Morgan fingerprint density at radius 1 is 1.17 bits per heavy atom. The first-order valence-corrected chi connectivity index (χ1v) is 12.0. The van der Waals surface area contributed by atoms with E-state index in [0.717, 1.165) is 75.6 Å². The van der Waals surface area contributed by atoms with Crippen molar-refractivity contribution in [1.82, 2.24) is 15.5 Å². The number of nitrogens with one attached hydrogen (secondary N) is 2. The van der Waals surface area contributed by atoms with E-state index in [1.807, 2.05) is 16.7 Å². The van der Waals surface area contributed by atoms with Crippen LogP contribution in [0.4, 0.5) is 5.69 Å². The number of nitrogens with zero attached hydrogens (tertiary/aromatic N) is 3. The number of nitro groups is 1. The molecule has 0 aromatic heterocycles. The van der Waals surface area contributed by atoms with Crippen LogP contribution < -0.4 is 10.6 Å². The largest absolute Gasteiger partial charge is 0.356 e. The van der Waals surface area contributed by atoms with Crippen LogP contribution in [0, 0.1) is 10.1 Å². The molecule has 1 aliphatic heterocycles. The number of benzene rings is 1. The van der Waals surface area contributed by atoms with Crippen molar-refractivity contribution in [2.24, 2.45) is 4.99 Å². The van der Waals surface area contributed by atoms with Gasteiger partial charge in [0.2, 0.25) is 5.91 Å². The number of carbonyl (C=O) groups excluding carboxylic acids is 1. The first-order valence-electron chi connectivity index (χ1n) is 10.6. The zero-order valence-electron chi connectivity index (χ0n) is 17.8. The number of likely N-dealkylation sites (tertiary alicyclic amines) is 1. The van der Waals surface area contributed by atoms with Gasteiger partial charge in [-0.2, -0.15) is 11.8 Å². The maximum absolute atomic E-state index is 12.1. The van der Waals surface area contributed by atoms with Crippen molar-refractivity contribution in [3.05, 3.63) is 39.9 Å². The molecule has 0 aliphatic carbocycles. The van der Waals surface area contributed by atoms with Crippen LogP contribution in [-0.2, 0) is 11.3 Å². The predicted octanol–water partition coefficient (Wildman–Crippen LogP) is 3.18. The van der Waals surface area contributed by atoms with Crippen LogP contribution in [0.5, 0.6) is 0 Å². The Balaban J connectivity index is 1.83. The summed E-state index contributed by atoms with van der Waals surface area (Å²) in [6.07, 6.45) is 7.92. The summed E-state index contributed by atoms with van der Waals surface area (Å²) < 4.78 is 0. The summed E-state index contributed by atoms with van der Waals surface area (Å²) in [5.41, 5.74) is 1.00. The summed E-state index contributed by atoms with van der Waals surface area (Å²) in [6.45, 7) is 3.65. The lowest BCUT2D eigenvalue weighted by molar-refractivity contribution is -0.384. The minimum Gasteiger partial charge on any atom is -0.356 e. The molecule has 8 nitrogen and oxygen atoms in total. The number of nitro benzene ring substituents is 1. The van der Waals surface area contributed by atoms with Crippen LogP contribution >= 0.6 is 11.8 Å². The van der Waals surface area contributed by atoms with E-state index >= 15 is 0 Å². The minimum atomic E-state index is -0.400. The van der Waals surface area contributed by atoms with Gasteiger partial charge in [0.15, 0.2) is 5.96 Å². The lowest BCUT2D eigenvalue weighted by Gasteiger charge is -2.21. The smallest absolute Gasteiger partial charge is 0.269 e. The summed E-state index contributed by atoms with van der Waals surface area (Å²) in [5.74, 6) is 2.09. The molecule has 1 saturated heterocycles. The van der Waals surface area contributed by atoms with Gasteiger partial charge in [0.25, 0.3) is 5.69 Å². The number of hydrogen-bond acceptors (Lipinski definition) is 5. The molecule has 0 unspecified atom stereocenters. The molecular formula is C21H33N5O3S. The monoisotopic (exact) mass is 435 g/mol. The molecule has 1 aliphatic rings. The second kappa shape index (κ2) is 13.8. The van der Waals surface area contributed by atoms with Gasteiger partial charge in [-0.1, -0.05) is 18.6 Å². The van der Waals surface area contributed by atoms with E-state index in [4.69, 9.17) is 0 Å². The molecular weight excluding hydrogens is 402 g/mol. The standard InChI is InChI=1S/C21H33N5O3S/c1-30-16-6-13-23-21(24-17-18-8-10-19(11-9-18)26(28)29)22-12-5-15-25-14-4-2-3-7-20(25)27/h8-11H,2-7,12-17H2,1H3,(H2,22,23,24). The Labute approximate surface area is 183 Å². The summed E-state index contributed by atoms with van der Waals surface area (Å²) in [5, 5.41) is 17.5. The van der Waals surface area contributed by atoms with Gasteiger partial charge in [0.05, 0.1) is 11.5 Å². The van der Waals surface area contributed by atoms with Crippen molar-refractivity contribution in [2.45, 2.75) is 45.1 Å². The fraction of sp³-hybridized carbons (Fsp3) is 0.619. The second-order valence-electron chi connectivity index (χ2n) is 7.33. The Morgan fingerprint density at radius 2 is 1.90 bits per heavy atom. The number of hydrogen-bond donors (Lipinski definition) is 2. The van der Waals surface area contributed by atoms with Crippen molar-refractivity contribution < 1.29 is 9.72 Å². The number of amides is 1. The Morgan fingerprint density at radius 3 is 2.60 bits per heavy atom. The average Bonchev–Trinajstić information content (AvgIpc) is 2.96. The third kappa shape index (κ3) is 9.02. The zero-order valence-corrected chi connectivity index (χ0v) is 18.6. The van der Waals surface area contributed by atoms with Crippen LogP contribution in [-0.4, -0.2) is 59.9 Å². The van der Waals surface area contributed by atoms with Gasteiger partial charge in [-0.05, 0) is 43.3 Å². The minimum absolute atomic E-state index is 0.0827. The van der Waals surface area contributed by atoms with Crippen LogP contribution in [0.15, 0.2) is 29.3 Å². The maximum Gasteiger partial charge on any atom is 0.269 e. The lowest BCUT2D eigenvalue weighted by Crippen LogP contribution is -2.40. The average molecular weight is 436 g/mol. The van der Waals surface area contributed by atoms with Crippen molar-refractivity contribution in [1.29, 1.82) is 0 Å². The first kappa shape index (κ1) is 24.0. The first-order chi connectivity index (χ1) is 14.6. The summed E-state index contributed by atoms with van der Waals surface area (Å²) in [7, 11) is 0. The van der Waals surface area contributed by atoms with Gasteiger partial charge in [-0.15, -0.1) is 0 Å². The van der Waals surface area contributed by atoms with Gasteiger partial charge >= 0.3 is 0 Å². The fourth-order valence-electron chi connectivity index (χ4n) is 3.24. The number of aliphatic imine (C=N–C) groups is 1. The molecule has 1 aromatic rings. The second-order valence-corrected chi connectivity index (χ2v) is 8.32.